The van der Waals surface area contributed by atoms with Crippen LogP contribution in [0.2, 0.25) is 10.0 Å². The molecule has 1 unspecified atom stereocenters. The van der Waals surface area contributed by atoms with Crippen LogP contribution >= 0.6 is 23.2 Å². The molecule has 0 amide bonds. The minimum absolute atomic E-state index is 0.0581. The zero-order chi connectivity index (χ0) is 14.0. The molecule has 2 aromatic carbocycles. The third-order valence-electron chi connectivity index (χ3n) is 2.56. The zero-order valence-corrected chi connectivity index (χ0v) is 11.5. The molecule has 1 atom stereocenters. The molecule has 2 nitrogen and oxygen atoms in total. The predicted molar refractivity (Wildman–Crippen MR) is 73.6 cm³/mol. The van der Waals surface area contributed by atoms with Crippen LogP contribution in [0.1, 0.15) is 18.6 Å². The van der Waals surface area contributed by atoms with Crippen molar-refractivity contribution in [3.8, 4) is 11.5 Å². The van der Waals surface area contributed by atoms with Gasteiger partial charge in [0, 0.05) is 6.07 Å². The summed E-state index contributed by atoms with van der Waals surface area (Å²) in [5, 5.41) is 10.1. The average Bonchev–Trinajstić information content (AvgIpc) is 2.36. The summed E-state index contributed by atoms with van der Waals surface area (Å²) in [5.41, 5.74) is 0.485. The Labute approximate surface area is 120 Å². The van der Waals surface area contributed by atoms with Gasteiger partial charge in [0.05, 0.1) is 16.1 Å². The Balaban J connectivity index is 2.25. The highest BCUT2D eigenvalue weighted by Crippen LogP contribution is 2.31. The Bertz CT molecular complexity index is 600. The van der Waals surface area contributed by atoms with Crippen molar-refractivity contribution in [1.29, 1.82) is 0 Å². The van der Waals surface area contributed by atoms with E-state index >= 15 is 0 Å². The molecule has 0 aliphatic carbocycles. The van der Waals surface area contributed by atoms with Crippen molar-refractivity contribution in [3.05, 3.63) is 57.8 Å². The van der Waals surface area contributed by atoms with Crippen LogP contribution in [0.25, 0.3) is 0 Å². The van der Waals surface area contributed by atoms with Crippen LogP contribution in [0.5, 0.6) is 11.5 Å². The average molecular weight is 301 g/mol. The fourth-order valence-corrected chi connectivity index (χ4v) is 1.82. The summed E-state index contributed by atoms with van der Waals surface area (Å²) >= 11 is 11.6. The van der Waals surface area contributed by atoms with Crippen LogP contribution in [0.15, 0.2) is 36.4 Å². The molecule has 2 rings (SSSR count). The second-order valence-electron chi connectivity index (χ2n) is 4.04. The molecule has 19 heavy (non-hydrogen) atoms. The van der Waals surface area contributed by atoms with E-state index in [2.05, 4.69) is 0 Å². The van der Waals surface area contributed by atoms with E-state index in [1.165, 1.54) is 18.2 Å². The Morgan fingerprint density at radius 2 is 1.84 bits per heavy atom. The number of ether oxygens (including phenoxy) is 1. The van der Waals surface area contributed by atoms with Crippen LogP contribution in [0.4, 0.5) is 4.39 Å². The first-order valence-corrected chi connectivity index (χ1v) is 6.33. The number of hydrogen-bond donors (Lipinski definition) is 1. The lowest BCUT2D eigenvalue weighted by molar-refractivity contribution is 0.198. The molecule has 0 bridgehead atoms. The highest BCUT2D eigenvalue weighted by molar-refractivity contribution is 6.42. The first kappa shape index (κ1) is 14.1. The molecule has 100 valence electrons. The Morgan fingerprint density at radius 3 is 2.42 bits per heavy atom. The molecule has 0 heterocycles. The first-order chi connectivity index (χ1) is 8.97. The lowest BCUT2D eigenvalue weighted by atomic mass is 10.1. The SMILES string of the molecule is CC(O)c1ccc(Oc2ccc(Cl)c(Cl)c2)c(F)c1. The number of benzene rings is 2. The molecular formula is C14H11Cl2FO2. The second kappa shape index (κ2) is 5.78. The Kier molecular flexibility index (Phi) is 4.30. The summed E-state index contributed by atoms with van der Waals surface area (Å²) in [6.07, 6.45) is -0.728. The number of aliphatic hydroxyl groups excluding tert-OH is 1. The number of halogens is 3. The van der Waals surface area contributed by atoms with Crippen molar-refractivity contribution >= 4 is 23.2 Å². The maximum atomic E-state index is 13.8. The number of aliphatic hydroxyl groups is 1. The third-order valence-corrected chi connectivity index (χ3v) is 3.30. The molecule has 0 spiro atoms. The van der Waals surface area contributed by atoms with Gasteiger partial charge in [0.2, 0.25) is 0 Å². The van der Waals surface area contributed by atoms with Crippen molar-refractivity contribution in [1.82, 2.24) is 0 Å². The monoisotopic (exact) mass is 300 g/mol. The van der Waals surface area contributed by atoms with Crippen molar-refractivity contribution < 1.29 is 14.2 Å². The molecule has 0 saturated heterocycles. The van der Waals surface area contributed by atoms with E-state index in [9.17, 15) is 9.50 Å². The number of hydrogen-bond acceptors (Lipinski definition) is 2. The fourth-order valence-electron chi connectivity index (χ4n) is 1.53. The van der Waals surface area contributed by atoms with Gasteiger partial charge >= 0.3 is 0 Å². The predicted octanol–water partition coefficient (Wildman–Crippen LogP) is 4.98. The van der Waals surface area contributed by atoms with Crippen LogP contribution < -0.4 is 4.74 Å². The van der Waals surface area contributed by atoms with Gasteiger partial charge in [-0.3, -0.25) is 0 Å². The second-order valence-corrected chi connectivity index (χ2v) is 4.86. The van der Waals surface area contributed by atoms with E-state index < -0.39 is 11.9 Å². The standard InChI is InChI=1S/C14H11Cl2FO2/c1-8(18)9-2-5-14(13(17)6-9)19-10-3-4-11(15)12(16)7-10/h2-8,18H,1H3. The summed E-state index contributed by atoms with van der Waals surface area (Å²) < 4.78 is 19.2. The van der Waals surface area contributed by atoms with Gasteiger partial charge in [-0.05, 0) is 36.8 Å². The van der Waals surface area contributed by atoms with E-state index in [-0.39, 0.29) is 5.75 Å². The van der Waals surface area contributed by atoms with Gasteiger partial charge in [0.15, 0.2) is 11.6 Å². The molecule has 1 N–H and O–H groups in total. The van der Waals surface area contributed by atoms with Gasteiger partial charge in [0.1, 0.15) is 5.75 Å². The van der Waals surface area contributed by atoms with Gasteiger partial charge < -0.3 is 9.84 Å². The zero-order valence-electron chi connectivity index (χ0n) is 10.0. The quantitative estimate of drug-likeness (QED) is 0.866. The molecule has 0 aliphatic rings. The minimum atomic E-state index is -0.728. The summed E-state index contributed by atoms with van der Waals surface area (Å²) in [7, 11) is 0. The maximum Gasteiger partial charge on any atom is 0.166 e. The van der Waals surface area contributed by atoms with Gasteiger partial charge in [0.25, 0.3) is 0 Å². The molecule has 0 saturated carbocycles. The summed E-state index contributed by atoms with van der Waals surface area (Å²) in [5.74, 6) is -0.106. The smallest absolute Gasteiger partial charge is 0.166 e. The van der Waals surface area contributed by atoms with Gasteiger partial charge in [-0.15, -0.1) is 0 Å². The van der Waals surface area contributed by atoms with Crippen molar-refractivity contribution in [2.45, 2.75) is 13.0 Å². The Morgan fingerprint density at radius 1 is 1.11 bits per heavy atom. The van der Waals surface area contributed by atoms with E-state index in [1.54, 1.807) is 25.1 Å². The van der Waals surface area contributed by atoms with Gasteiger partial charge in [-0.25, -0.2) is 4.39 Å². The van der Waals surface area contributed by atoms with Crippen molar-refractivity contribution in [2.24, 2.45) is 0 Å². The van der Waals surface area contributed by atoms with Crippen LogP contribution in [-0.2, 0) is 0 Å². The van der Waals surface area contributed by atoms with E-state index in [4.69, 9.17) is 27.9 Å². The first-order valence-electron chi connectivity index (χ1n) is 5.58. The molecule has 0 fully saturated rings. The fraction of sp³-hybridized carbons (Fsp3) is 0.143. The lowest BCUT2D eigenvalue weighted by Gasteiger charge is -2.10. The molecule has 5 heteroatoms. The van der Waals surface area contributed by atoms with Crippen LogP contribution in [-0.4, -0.2) is 5.11 Å². The van der Waals surface area contributed by atoms with E-state index in [1.807, 2.05) is 0 Å². The van der Waals surface area contributed by atoms with Crippen molar-refractivity contribution in [3.63, 3.8) is 0 Å². The molecule has 0 aliphatic heterocycles. The highest BCUT2D eigenvalue weighted by atomic mass is 35.5. The van der Waals surface area contributed by atoms with Gasteiger partial charge in [-0.2, -0.15) is 0 Å². The lowest BCUT2D eigenvalue weighted by Crippen LogP contribution is -1.94. The minimum Gasteiger partial charge on any atom is -0.454 e. The van der Waals surface area contributed by atoms with Crippen molar-refractivity contribution in [2.75, 3.05) is 0 Å². The van der Waals surface area contributed by atoms with Gasteiger partial charge in [-0.1, -0.05) is 29.3 Å². The molecular weight excluding hydrogens is 290 g/mol. The molecule has 2 aromatic rings. The normalized spacial score (nSPS) is 12.3. The highest BCUT2D eigenvalue weighted by Gasteiger charge is 2.09. The van der Waals surface area contributed by atoms with E-state index in [0.717, 1.165) is 0 Å². The van der Waals surface area contributed by atoms with Crippen LogP contribution in [0, 0.1) is 5.82 Å². The number of rotatable bonds is 3. The largest absolute Gasteiger partial charge is 0.454 e. The maximum absolute atomic E-state index is 13.8. The van der Waals surface area contributed by atoms with Crippen LogP contribution in [0.3, 0.4) is 0 Å². The molecule has 0 radical (unpaired) electrons. The third kappa shape index (κ3) is 3.38. The summed E-state index contributed by atoms with van der Waals surface area (Å²) in [4.78, 5) is 0. The summed E-state index contributed by atoms with van der Waals surface area (Å²) in [6.45, 7) is 1.56. The Hall–Kier alpha value is -1.29. The molecule has 0 aromatic heterocycles. The topological polar surface area (TPSA) is 29.5 Å². The van der Waals surface area contributed by atoms with E-state index in [0.29, 0.717) is 21.4 Å². The summed E-state index contributed by atoms with van der Waals surface area (Å²) in [6, 6.07) is 8.96.